The highest BCUT2D eigenvalue weighted by molar-refractivity contribution is 7.89. The molecule has 1 N–H and O–H groups in total. The van der Waals surface area contributed by atoms with E-state index in [-0.39, 0.29) is 10.6 Å². The van der Waals surface area contributed by atoms with Gasteiger partial charge in [0.2, 0.25) is 10.0 Å². The standard InChI is InChI=1S/C15H14ClF2NO3S/c1-10(13-4-2-3-5-14(13)22-15(17)18)19-23(20,21)12-8-6-11(16)7-9-12/h2-10,15,19H,1H3/t10-/m0/s1. The molecule has 8 heteroatoms. The Morgan fingerprint density at radius 2 is 1.70 bits per heavy atom. The van der Waals surface area contributed by atoms with Crippen LogP contribution in [0.2, 0.25) is 5.02 Å². The maximum absolute atomic E-state index is 12.4. The summed E-state index contributed by atoms with van der Waals surface area (Å²) in [6, 6.07) is 10.9. The minimum absolute atomic E-state index is 0.0287. The maximum atomic E-state index is 12.4. The Hall–Kier alpha value is -1.70. The number of halogens is 3. The van der Waals surface area contributed by atoms with Crippen LogP contribution in [0.5, 0.6) is 5.75 Å². The van der Waals surface area contributed by atoms with E-state index < -0.39 is 22.7 Å². The Balaban J connectivity index is 2.24. The molecule has 0 bridgehead atoms. The molecule has 0 aliphatic heterocycles. The molecule has 1 atom stereocenters. The summed E-state index contributed by atoms with van der Waals surface area (Å²) in [7, 11) is -3.82. The van der Waals surface area contributed by atoms with E-state index in [4.69, 9.17) is 11.6 Å². The third-order valence-corrected chi connectivity index (χ3v) is 4.87. The molecule has 0 aliphatic rings. The molecule has 0 aliphatic carbocycles. The first-order valence-electron chi connectivity index (χ1n) is 6.61. The van der Waals surface area contributed by atoms with Gasteiger partial charge in [-0.3, -0.25) is 0 Å². The number of hydrogen-bond acceptors (Lipinski definition) is 3. The number of ether oxygens (including phenoxy) is 1. The fourth-order valence-corrected chi connectivity index (χ4v) is 3.37. The third-order valence-electron chi connectivity index (χ3n) is 3.06. The number of rotatable bonds is 6. The average molecular weight is 362 g/mol. The van der Waals surface area contributed by atoms with Gasteiger partial charge in [0.15, 0.2) is 0 Å². The first-order valence-corrected chi connectivity index (χ1v) is 8.47. The highest BCUT2D eigenvalue weighted by Gasteiger charge is 2.21. The first kappa shape index (κ1) is 17.7. The molecule has 2 aromatic carbocycles. The van der Waals surface area contributed by atoms with Crippen molar-refractivity contribution in [2.45, 2.75) is 24.5 Å². The van der Waals surface area contributed by atoms with Crippen LogP contribution in [-0.4, -0.2) is 15.0 Å². The molecule has 23 heavy (non-hydrogen) atoms. The van der Waals surface area contributed by atoms with Crippen LogP contribution >= 0.6 is 11.6 Å². The molecule has 0 aromatic heterocycles. The SMILES string of the molecule is C[C@H](NS(=O)(=O)c1ccc(Cl)cc1)c1ccccc1OC(F)F. The highest BCUT2D eigenvalue weighted by atomic mass is 35.5. The van der Waals surface area contributed by atoms with Gasteiger partial charge < -0.3 is 4.74 Å². The van der Waals surface area contributed by atoms with Gasteiger partial charge in [0.25, 0.3) is 0 Å². The van der Waals surface area contributed by atoms with Crippen LogP contribution in [0.25, 0.3) is 0 Å². The van der Waals surface area contributed by atoms with E-state index in [9.17, 15) is 17.2 Å². The summed E-state index contributed by atoms with van der Waals surface area (Å²) in [6.07, 6.45) is 0. The molecule has 0 saturated carbocycles. The predicted octanol–water partition coefficient (Wildman–Crippen LogP) is 3.98. The second-order valence-electron chi connectivity index (χ2n) is 4.71. The number of hydrogen-bond donors (Lipinski definition) is 1. The predicted molar refractivity (Wildman–Crippen MR) is 83.3 cm³/mol. The second-order valence-corrected chi connectivity index (χ2v) is 6.86. The van der Waals surface area contributed by atoms with E-state index in [1.165, 1.54) is 42.5 Å². The van der Waals surface area contributed by atoms with E-state index in [2.05, 4.69) is 9.46 Å². The molecule has 0 saturated heterocycles. The Morgan fingerprint density at radius 1 is 1.09 bits per heavy atom. The van der Waals surface area contributed by atoms with Crippen LogP contribution in [0.15, 0.2) is 53.4 Å². The van der Waals surface area contributed by atoms with E-state index in [0.29, 0.717) is 10.6 Å². The van der Waals surface area contributed by atoms with Crippen molar-refractivity contribution in [3.05, 3.63) is 59.1 Å². The lowest BCUT2D eigenvalue weighted by Crippen LogP contribution is -2.27. The van der Waals surface area contributed by atoms with Crippen molar-refractivity contribution < 1.29 is 21.9 Å². The zero-order chi connectivity index (χ0) is 17.0. The summed E-state index contributed by atoms with van der Waals surface area (Å²) >= 11 is 5.73. The van der Waals surface area contributed by atoms with Gasteiger partial charge >= 0.3 is 6.61 Å². The van der Waals surface area contributed by atoms with Gasteiger partial charge in [-0.1, -0.05) is 29.8 Å². The second kappa shape index (κ2) is 7.25. The van der Waals surface area contributed by atoms with Crippen molar-refractivity contribution in [3.63, 3.8) is 0 Å². The summed E-state index contributed by atoms with van der Waals surface area (Å²) in [4.78, 5) is 0.0287. The molecule has 0 amide bonds. The van der Waals surface area contributed by atoms with E-state index in [0.717, 1.165) is 0 Å². The van der Waals surface area contributed by atoms with Crippen LogP contribution in [0.1, 0.15) is 18.5 Å². The quantitative estimate of drug-likeness (QED) is 0.846. The molecule has 124 valence electrons. The molecule has 2 aromatic rings. The highest BCUT2D eigenvalue weighted by Crippen LogP contribution is 2.27. The number of sulfonamides is 1. The molecule has 0 radical (unpaired) electrons. The largest absolute Gasteiger partial charge is 0.434 e. The smallest absolute Gasteiger partial charge is 0.387 e. The number of para-hydroxylation sites is 1. The lowest BCUT2D eigenvalue weighted by molar-refractivity contribution is -0.0506. The third kappa shape index (κ3) is 4.63. The summed E-state index contributed by atoms with van der Waals surface area (Å²) < 4.78 is 56.3. The molecule has 0 spiro atoms. The number of alkyl halides is 2. The van der Waals surface area contributed by atoms with Crippen molar-refractivity contribution >= 4 is 21.6 Å². The van der Waals surface area contributed by atoms with Crippen molar-refractivity contribution in [2.75, 3.05) is 0 Å². The van der Waals surface area contributed by atoms with E-state index in [1.54, 1.807) is 13.0 Å². The Bertz CT molecular complexity index is 767. The monoisotopic (exact) mass is 361 g/mol. The van der Waals surface area contributed by atoms with Crippen molar-refractivity contribution in [1.82, 2.24) is 4.72 Å². The van der Waals surface area contributed by atoms with Crippen molar-refractivity contribution in [3.8, 4) is 5.75 Å². The van der Waals surface area contributed by atoms with E-state index >= 15 is 0 Å². The number of nitrogens with one attached hydrogen (secondary N) is 1. The van der Waals surface area contributed by atoms with Gasteiger partial charge in [-0.05, 0) is 37.3 Å². The minimum atomic E-state index is -3.82. The van der Waals surface area contributed by atoms with Crippen LogP contribution in [0.4, 0.5) is 8.78 Å². The summed E-state index contributed by atoms with van der Waals surface area (Å²) in [5.41, 5.74) is 0.310. The van der Waals surface area contributed by atoms with Gasteiger partial charge in [0.1, 0.15) is 5.75 Å². The Kier molecular flexibility index (Phi) is 5.56. The van der Waals surface area contributed by atoms with Crippen molar-refractivity contribution in [1.29, 1.82) is 0 Å². The van der Waals surface area contributed by atoms with Crippen LogP contribution < -0.4 is 9.46 Å². The molecule has 0 fully saturated rings. The zero-order valence-corrected chi connectivity index (χ0v) is 13.6. The normalized spacial score (nSPS) is 13.1. The fraction of sp³-hybridized carbons (Fsp3) is 0.200. The minimum Gasteiger partial charge on any atom is -0.434 e. The maximum Gasteiger partial charge on any atom is 0.387 e. The Labute approximate surface area is 138 Å². The van der Waals surface area contributed by atoms with Gasteiger partial charge in [-0.2, -0.15) is 8.78 Å². The van der Waals surface area contributed by atoms with Crippen LogP contribution in [0, 0.1) is 0 Å². The average Bonchev–Trinajstić information content (AvgIpc) is 2.47. The van der Waals surface area contributed by atoms with Gasteiger partial charge in [0, 0.05) is 16.6 Å². The molecular formula is C15H14ClF2NO3S. The number of benzene rings is 2. The van der Waals surface area contributed by atoms with Crippen LogP contribution in [-0.2, 0) is 10.0 Å². The molecule has 0 heterocycles. The summed E-state index contributed by atoms with van der Waals surface area (Å²) in [6.45, 7) is -1.45. The summed E-state index contributed by atoms with van der Waals surface area (Å²) in [5, 5.41) is 0.410. The molecule has 0 unspecified atom stereocenters. The zero-order valence-electron chi connectivity index (χ0n) is 12.0. The van der Waals surface area contributed by atoms with Crippen molar-refractivity contribution in [2.24, 2.45) is 0 Å². The lowest BCUT2D eigenvalue weighted by atomic mass is 10.1. The first-order chi connectivity index (χ1) is 10.8. The summed E-state index contributed by atoms with van der Waals surface area (Å²) in [5.74, 6) is -0.0752. The molecule has 2 rings (SSSR count). The van der Waals surface area contributed by atoms with Crippen LogP contribution in [0.3, 0.4) is 0 Å². The molecular weight excluding hydrogens is 348 g/mol. The van der Waals surface area contributed by atoms with Gasteiger partial charge in [-0.15, -0.1) is 0 Å². The van der Waals surface area contributed by atoms with E-state index in [1.807, 2.05) is 0 Å². The van der Waals surface area contributed by atoms with Gasteiger partial charge in [-0.25, -0.2) is 13.1 Å². The lowest BCUT2D eigenvalue weighted by Gasteiger charge is -2.18. The topological polar surface area (TPSA) is 55.4 Å². The fourth-order valence-electron chi connectivity index (χ4n) is 2.02. The Morgan fingerprint density at radius 3 is 2.30 bits per heavy atom. The van der Waals surface area contributed by atoms with Gasteiger partial charge in [0.05, 0.1) is 4.90 Å². The molecule has 4 nitrogen and oxygen atoms in total.